The van der Waals surface area contributed by atoms with Gasteiger partial charge in [0.2, 0.25) is 0 Å². The maximum atomic E-state index is 11.3. The Morgan fingerprint density at radius 1 is 0.826 bits per heavy atom. The number of hydrogen-bond donors (Lipinski definition) is 1. The Morgan fingerprint density at radius 3 is 1.91 bits per heavy atom. The lowest BCUT2D eigenvalue weighted by molar-refractivity contribution is -0.143. The molecule has 0 atom stereocenters. The third-order valence-electron chi connectivity index (χ3n) is 4.00. The van der Waals surface area contributed by atoms with Gasteiger partial charge in [-0.25, -0.2) is 0 Å². The highest BCUT2D eigenvalue weighted by Gasteiger charge is 2.00. The third kappa shape index (κ3) is 19.5. The molecule has 0 unspecified atom stereocenters. The molecule has 0 fully saturated rings. The molecule has 136 valence electrons. The number of carbonyl (C=O) groups is 1. The van der Waals surface area contributed by atoms with Crippen molar-refractivity contribution in [2.24, 2.45) is 0 Å². The standard InChI is InChI=1S/C20H38O2S/c1-2-3-4-5-6-7-8-9-10-11-12-13-14-15-16-17-20(21)22-18-19-23/h12-13,23H,2-11,14-19H2,1H3/b13-12+. The van der Waals surface area contributed by atoms with Crippen LogP contribution in [-0.4, -0.2) is 18.3 Å². The van der Waals surface area contributed by atoms with Crippen LogP contribution < -0.4 is 0 Å². The molecule has 0 aromatic rings. The molecule has 0 saturated heterocycles. The zero-order valence-electron chi connectivity index (χ0n) is 15.2. The minimum Gasteiger partial charge on any atom is -0.465 e. The van der Waals surface area contributed by atoms with Gasteiger partial charge in [-0.3, -0.25) is 4.79 Å². The number of thiol groups is 1. The summed E-state index contributed by atoms with van der Waals surface area (Å²) in [6.45, 7) is 2.70. The lowest BCUT2D eigenvalue weighted by atomic mass is 10.1. The van der Waals surface area contributed by atoms with Gasteiger partial charge in [-0.2, -0.15) is 12.6 Å². The first-order valence-electron chi connectivity index (χ1n) is 9.72. The van der Waals surface area contributed by atoms with Crippen molar-refractivity contribution in [3.63, 3.8) is 0 Å². The summed E-state index contributed by atoms with van der Waals surface area (Å²) in [5.41, 5.74) is 0. The van der Waals surface area contributed by atoms with Crippen molar-refractivity contribution in [3.8, 4) is 0 Å². The topological polar surface area (TPSA) is 26.3 Å². The number of allylic oxidation sites excluding steroid dienone is 2. The van der Waals surface area contributed by atoms with Crippen molar-refractivity contribution in [2.75, 3.05) is 12.4 Å². The van der Waals surface area contributed by atoms with E-state index in [1.165, 1.54) is 64.2 Å². The lowest BCUT2D eigenvalue weighted by Crippen LogP contribution is -2.06. The monoisotopic (exact) mass is 342 g/mol. The van der Waals surface area contributed by atoms with Gasteiger partial charge in [-0.1, -0.05) is 70.4 Å². The van der Waals surface area contributed by atoms with Crippen LogP contribution in [-0.2, 0) is 9.53 Å². The van der Waals surface area contributed by atoms with Gasteiger partial charge < -0.3 is 4.74 Å². The first kappa shape index (κ1) is 22.6. The number of unbranched alkanes of at least 4 members (excludes halogenated alkanes) is 11. The van der Waals surface area contributed by atoms with Crippen molar-refractivity contribution in [1.82, 2.24) is 0 Å². The van der Waals surface area contributed by atoms with E-state index in [4.69, 9.17) is 4.74 Å². The Kier molecular flexibility index (Phi) is 19.2. The van der Waals surface area contributed by atoms with E-state index in [9.17, 15) is 4.79 Å². The fourth-order valence-electron chi connectivity index (χ4n) is 2.57. The molecule has 0 aromatic heterocycles. The van der Waals surface area contributed by atoms with Crippen LogP contribution >= 0.6 is 12.6 Å². The van der Waals surface area contributed by atoms with Crippen molar-refractivity contribution >= 4 is 18.6 Å². The number of ether oxygens (including phenoxy) is 1. The normalized spacial score (nSPS) is 11.2. The van der Waals surface area contributed by atoms with Crippen molar-refractivity contribution < 1.29 is 9.53 Å². The molecule has 0 amide bonds. The van der Waals surface area contributed by atoms with Crippen molar-refractivity contribution in [1.29, 1.82) is 0 Å². The fourth-order valence-corrected chi connectivity index (χ4v) is 2.66. The average Bonchev–Trinajstić information content (AvgIpc) is 2.56. The second-order valence-corrected chi connectivity index (χ2v) is 6.73. The Hall–Kier alpha value is -0.440. The molecule has 3 heteroatoms. The van der Waals surface area contributed by atoms with Crippen LogP contribution in [0.1, 0.15) is 96.8 Å². The largest absolute Gasteiger partial charge is 0.465 e. The molecule has 0 aliphatic heterocycles. The molecule has 0 rings (SSSR count). The van der Waals surface area contributed by atoms with E-state index >= 15 is 0 Å². The summed E-state index contributed by atoms with van der Waals surface area (Å²) >= 11 is 4.01. The van der Waals surface area contributed by atoms with Gasteiger partial charge in [-0.15, -0.1) is 0 Å². The molecule has 0 spiro atoms. The summed E-state index contributed by atoms with van der Waals surface area (Å²) in [6, 6.07) is 0. The first-order chi connectivity index (χ1) is 11.3. The van der Waals surface area contributed by atoms with Crippen LogP contribution in [0.4, 0.5) is 0 Å². The Balaban J connectivity index is 3.15. The number of carbonyl (C=O) groups excluding carboxylic acids is 1. The molecule has 0 radical (unpaired) electrons. The number of rotatable bonds is 17. The van der Waals surface area contributed by atoms with Crippen LogP contribution in [0.3, 0.4) is 0 Å². The van der Waals surface area contributed by atoms with Gasteiger partial charge in [0.05, 0.1) is 0 Å². The van der Waals surface area contributed by atoms with Crippen LogP contribution in [0.25, 0.3) is 0 Å². The highest BCUT2D eigenvalue weighted by molar-refractivity contribution is 7.80. The van der Waals surface area contributed by atoms with Crippen LogP contribution in [0.2, 0.25) is 0 Å². The van der Waals surface area contributed by atoms with Crippen molar-refractivity contribution in [3.05, 3.63) is 12.2 Å². The molecule has 0 aliphatic carbocycles. The average molecular weight is 343 g/mol. The summed E-state index contributed by atoms with van der Waals surface area (Å²) < 4.78 is 4.98. The summed E-state index contributed by atoms with van der Waals surface area (Å²) in [6.07, 6.45) is 21.9. The molecule has 0 aromatic carbocycles. The van der Waals surface area contributed by atoms with Gasteiger partial charge in [0.15, 0.2) is 0 Å². The first-order valence-corrected chi connectivity index (χ1v) is 10.4. The van der Waals surface area contributed by atoms with E-state index in [1.807, 2.05) is 0 Å². The summed E-state index contributed by atoms with van der Waals surface area (Å²) in [5.74, 6) is 0.519. The van der Waals surface area contributed by atoms with Gasteiger partial charge in [0.1, 0.15) is 6.61 Å². The lowest BCUT2D eigenvalue weighted by Gasteiger charge is -2.01. The van der Waals surface area contributed by atoms with Gasteiger partial charge in [-0.05, 0) is 32.1 Å². The van der Waals surface area contributed by atoms with Gasteiger partial charge in [0.25, 0.3) is 0 Å². The molecule has 0 saturated carbocycles. The van der Waals surface area contributed by atoms with Crippen LogP contribution in [0.15, 0.2) is 12.2 Å². The zero-order chi connectivity index (χ0) is 17.0. The molecule has 0 bridgehead atoms. The number of esters is 1. The maximum Gasteiger partial charge on any atom is 0.305 e. The predicted octanol–water partition coefficient (Wildman–Crippen LogP) is 6.50. The Labute approximate surface area is 149 Å². The summed E-state index contributed by atoms with van der Waals surface area (Å²) in [4.78, 5) is 11.3. The SMILES string of the molecule is CCCCCCCCCCC/C=C/CCCCC(=O)OCCS. The van der Waals surface area contributed by atoms with Crippen LogP contribution in [0, 0.1) is 0 Å². The number of hydrogen-bond acceptors (Lipinski definition) is 3. The maximum absolute atomic E-state index is 11.3. The highest BCUT2D eigenvalue weighted by atomic mass is 32.1. The van der Waals surface area contributed by atoms with Crippen molar-refractivity contribution in [2.45, 2.75) is 96.8 Å². The zero-order valence-corrected chi connectivity index (χ0v) is 16.1. The molecule has 0 heterocycles. The van der Waals surface area contributed by atoms with E-state index in [-0.39, 0.29) is 5.97 Å². The van der Waals surface area contributed by atoms with E-state index in [0.717, 1.165) is 19.3 Å². The predicted molar refractivity (Wildman–Crippen MR) is 104 cm³/mol. The molecule has 2 nitrogen and oxygen atoms in total. The van der Waals surface area contributed by atoms with E-state index < -0.39 is 0 Å². The quantitative estimate of drug-likeness (QED) is 0.141. The van der Waals surface area contributed by atoms with Gasteiger partial charge >= 0.3 is 5.97 Å². The molecular formula is C20H38O2S. The minimum atomic E-state index is -0.0854. The second kappa shape index (κ2) is 19.6. The molecular weight excluding hydrogens is 304 g/mol. The molecule has 23 heavy (non-hydrogen) atoms. The second-order valence-electron chi connectivity index (χ2n) is 6.28. The summed E-state index contributed by atoms with van der Waals surface area (Å²) in [5, 5.41) is 0. The van der Waals surface area contributed by atoms with E-state index in [0.29, 0.717) is 18.8 Å². The Morgan fingerprint density at radius 2 is 1.35 bits per heavy atom. The molecule has 0 aliphatic rings. The minimum absolute atomic E-state index is 0.0854. The third-order valence-corrected chi connectivity index (χ3v) is 4.18. The highest BCUT2D eigenvalue weighted by Crippen LogP contribution is 2.11. The Bertz CT molecular complexity index is 277. The fraction of sp³-hybridized carbons (Fsp3) is 0.850. The van der Waals surface area contributed by atoms with E-state index in [2.05, 4.69) is 31.7 Å². The van der Waals surface area contributed by atoms with Crippen LogP contribution in [0.5, 0.6) is 0 Å². The smallest absolute Gasteiger partial charge is 0.305 e. The summed E-state index contributed by atoms with van der Waals surface area (Å²) in [7, 11) is 0. The molecule has 0 N–H and O–H groups in total. The van der Waals surface area contributed by atoms with Gasteiger partial charge in [0, 0.05) is 12.2 Å². The van der Waals surface area contributed by atoms with E-state index in [1.54, 1.807) is 0 Å².